The first-order chi connectivity index (χ1) is 19.8. The lowest BCUT2D eigenvalue weighted by atomic mass is 10.0. The third kappa shape index (κ3) is 6.49. The Labute approximate surface area is 239 Å². The molecule has 0 atom stereocenters. The summed E-state index contributed by atoms with van der Waals surface area (Å²) in [5.41, 5.74) is 10.5. The number of urea groups is 1. The van der Waals surface area contributed by atoms with Crippen molar-refractivity contribution < 1.29 is 14.3 Å². The number of nitrogens with zero attached hydrogens (tertiary/aromatic N) is 3. The number of nitrogens with two attached hydrogens (primary N) is 1. The Bertz CT molecular complexity index is 1570. The number of anilines is 1. The van der Waals surface area contributed by atoms with Gasteiger partial charge in [-0.2, -0.15) is 0 Å². The fourth-order valence-electron chi connectivity index (χ4n) is 5.18. The van der Waals surface area contributed by atoms with Crippen molar-refractivity contribution >= 4 is 34.5 Å². The molecule has 0 aliphatic carbocycles. The summed E-state index contributed by atoms with van der Waals surface area (Å²) in [6.45, 7) is 1.13. The number of piperidine rings is 1. The summed E-state index contributed by atoms with van der Waals surface area (Å²) in [5.74, 6) is 1.65. The van der Waals surface area contributed by atoms with Crippen LogP contribution in [0.2, 0.25) is 0 Å². The van der Waals surface area contributed by atoms with Gasteiger partial charge in [0.2, 0.25) is 0 Å². The van der Waals surface area contributed by atoms with Crippen molar-refractivity contribution in [3.05, 3.63) is 89.2 Å². The number of aryl methyl sites for hydroxylation is 3. The summed E-state index contributed by atoms with van der Waals surface area (Å²) in [4.78, 5) is 32.4. The van der Waals surface area contributed by atoms with Gasteiger partial charge in [-0.05, 0) is 55.2 Å². The number of rotatable bonds is 8. The van der Waals surface area contributed by atoms with E-state index < -0.39 is 0 Å². The molecule has 1 aliphatic rings. The zero-order chi connectivity index (χ0) is 28.9. The number of nitrogen functional groups attached to an aromatic ring is 1. The van der Waals surface area contributed by atoms with Crippen LogP contribution in [0.3, 0.4) is 0 Å². The van der Waals surface area contributed by atoms with Gasteiger partial charge >= 0.3 is 6.03 Å². The molecule has 41 heavy (non-hydrogen) atoms. The summed E-state index contributed by atoms with van der Waals surface area (Å²) in [7, 11) is 3.58. The average molecular weight is 554 g/mol. The summed E-state index contributed by atoms with van der Waals surface area (Å²) in [5, 5.41) is 13.4. The highest BCUT2D eigenvalue weighted by atomic mass is 16.5. The highest BCUT2D eigenvalue weighted by molar-refractivity contribution is 5.97. The van der Waals surface area contributed by atoms with Crippen molar-refractivity contribution in [2.24, 2.45) is 12.8 Å². The summed E-state index contributed by atoms with van der Waals surface area (Å²) >= 11 is 0. The number of aromatic nitrogens is 2. The van der Waals surface area contributed by atoms with E-state index in [1.165, 1.54) is 0 Å². The molecule has 10 heteroatoms. The van der Waals surface area contributed by atoms with Crippen LogP contribution in [0.1, 0.15) is 40.2 Å². The summed E-state index contributed by atoms with van der Waals surface area (Å²) in [6.07, 6.45) is 2.92. The second kappa shape index (κ2) is 12.1. The Morgan fingerprint density at radius 3 is 2.46 bits per heavy atom. The molecule has 2 heterocycles. The molecule has 10 nitrogen and oxygen atoms in total. The number of carbonyl (C=O) groups is 2. The van der Waals surface area contributed by atoms with Crippen molar-refractivity contribution in [3.63, 3.8) is 0 Å². The summed E-state index contributed by atoms with van der Waals surface area (Å²) < 4.78 is 7.27. The average Bonchev–Trinajstić information content (AvgIpc) is 3.30. The highest BCUT2D eigenvalue weighted by Crippen LogP contribution is 2.21. The SMILES string of the molecule is COc1cccc(NC(=O)NC2CCN(C(=O)c3ccc4c(c3)nc(CCc3ccc(C(=N)N)cc3)n4C)CC2)c1. The number of hydrogen-bond donors (Lipinski definition) is 4. The molecule has 0 saturated carbocycles. The van der Waals surface area contributed by atoms with Crippen molar-refractivity contribution in [2.45, 2.75) is 31.7 Å². The number of methoxy groups -OCH3 is 1. The Balaban J connectivity index is 1.16. The quantitative estimate of drug-likeness (QED) is 0.192. The van der Waals surface area contributed by atoms with Crippen LogP contribution in [0, 0.1) is 5.41 Å². The van der Waals surface area contributed by atoms with E-state index in [0.717, 1.165) is 35.3 Å². The standard InChI is InChI=1S/C31H35N7O3/c1-37-27-12-11-22(18-26(27)36-28(37)13-8-20-6-9-21(10-7-20)29(32)33)30(39)38-16-14-23(15-17-38)34-31(40)35-24-4-3-5-25(19-24)41-2/h3-7,9-12,18-19,23H,8,13-17H2,1-2H3,(H3,32,33)(H2,34,35,40). The fraction of sp³-hybridized carbons (Fsp3) is 0.290. The third-order valence-corrected chi connectivity index (χ3v) is 7.57. The second-order valence-electron chi connectivity index (χ2n) is 10.3. The zero-order valence-electron chi connectivity index (χ0n) is 23.3. The van der Waals surface area contributed by atoms with Gasteiger partial charge in [0.1, 0.15) is 17.4 Å². The Kier molecular flexibility index (Phi) is 8.19. The molecule has 3 amide bonds. The number of fused-ring (bicyclic) bond motifs is 1. The molecule has 1 saturated heterocycles. The highest BCUT2D eigenvalue weighted by Gasteiger charge is 2.25. The largest absolute Gasteiger partial charge is 0.497 e. The van der Waals surface area contributed by atoms with E-state index in [-0.39, 0.29) is 23.8 Å². The third-order valence-electron chi connectivity index (χ3n) is 7.57. The number of likely N-dealkylation sites (tertiary alicyclic amines) is 1. The Morgan fingerprint density at radius 1 is 1.02 bits per heavy atom. The number of nitrogens with one attached hydrogen (secondary N) is 3. The minimum atomic E-state index is -0.271. The molecule has 1 aliphatic heterocycles. The van der Waals surface area contributed by atoms with Crippen LogP contribution in [0.4, 0.5) is 10.5 Å². The molecule has 0 radical (unpaired) electrons. The normalized spacial score (nSPS) is 13.7. The number of carbonyl (C=O) groups excluding carboxylic acids is 2. The first-order valence-electron chi connectivity index (χ1n) is 13.7. The monoisotopic (exact) mass is 553 g/mol. The van der Waals surface area contributed by atoms with E-state index in [1.807, 2.05) is 66.5 Å². The van der Waals surface area contributed by atoms with Crippen molar-refractivity contribution in [1.29, 1.82) is 5.41 Å². The van der Waals surface area contributed by atoms with Crippen LogP contribution in [0.25, 0.3) is 11.0 Å². The molecule has 1 fully saturated rings. The van der Waals surface area contributed by atoms with Crippen LogP contribution < -0.4 is 21.1 Å². The van der Waals surface area contributed by atoms with Gasteiger partial charge in [-0.1, -0.05) is 30.3 Å². The van der Waals surface area contributed by atoms with E-state index in [4.69, 9.17) is 20.9 Å². The molecule has 3 aromatic carbocycles. The maximum absolute atomic E-state index is 13.3. The molecule has 5 N–H and O–H groups in total. The van der Waals surface area contributed by atoms with Crippen LogP contribution in [-0.2, 0) is 19.9 Å². The van der Waals surface area contributed by atoms with Gasteiger partial charge in [0, 0.05) is 55.5 Å². The van der Waals surface area contributed by atoms with Crippen LogP contribution in [0.15, 0.2) is 66.7 Å². The number of benzene rings is 3. The molecule has 0 unspecified atom stereocenters. The van der Waals surface area contributed by atoms with E-state index >= 15 is 0 Å². The van der Waals surface area contributed by atoms with Crippen LogP contribution in [-0.4, -0.2) is 58.5 Å². The van der Waals surface area contributed by atoms with Gasteiger partial charge in [0.15, 0.2) is 0 Å². The van der Waals surface area contributed by atoms with Gasteiger partial charge in [0.25, 0.3) is 5.91 Å². The number of ether oxygens (including phenoxy) is 1. The lowest BCUT2D eigenvalue weighted by molar-refractivity contribution is 0.0709. The molecular formula is C31H35N7O3. The molecule has 5 rings (SSSR count). The van der Waals surface area contributed by atoms with Crippen molar-refractivity contribution in [2.75, 3.05) is 25.5 Å². The second-order valence-corrected chi connectivity index (χ2v) is 10.3. The fourth-order valence-corrected chi connectivity index (χ4v) is 5.18. The maximum Gasteiger partial charge on any atom is 0.319 e. The smallest absolute Gasteiger partial charge is 0.319 e. The van der Waals surface area contributed by atoms with Gasteiger partial charge in [-0.15, -0.1) is 0 Å². The van der Waals surface area contributed by atoms with E-state index in [9.17, 15) is 9.59 Å². The van der Waals surface area contributed by atoms with Crippen LogP contribution in [0.5, 0.6) is 5.75 Å². The number of amidine groups is 1. The molecular weight excluding hydrogens is 518 g/mol. The number of imidazole rings is 1. The van der Waals surface area contributed by atoms with Gasteiger partial charge in [-0.3, -0.25) is 10.2 Å². The lowest BCUT2D eigenvalue weighted by Crippen LogP contribution is -2.47. The predicted molar refractivity (Wildman–Crippen MR) is 160 cm³/mol. The van der Waals surface area contributed by atoms with Crippen LogP contribution >= 0.6 is 0 Å². The topological polar surface area (TPSA) is 138 Å². The molecule has 1 aromatic heterocycles. The van der Waals surface area contributed by atoms with Crippen molar-refractivity contribution in [3.8, 4) is 5.75 Å². The van der Waals surface area contributed by atoms with E-state index in [1.54, 1.807) is 19.2 Å². The molecule has 0 spiro atoms. The molecule has 0 bridgehead atoms. The molecule has 212 valence electrons. The predicted octanol–water partition coefficient (Wildman–Crippen LogP) is 4.08. The van der Waals surface area contributed by atoms with E-state index in [0.29, 0.717) is 48.5 Å². The Morgan fingerprint density at radius 2 is 1.76 bits per heavy atom. The summed E-state index contributed by atoms with van der Waals surface area (Å²) in [6, 6.07) is 20.3. The molecule has 4 aromatic rings. The zero-order valence-corrected chi connectivity index (χ0v) is 23.3. The number of hydrogen-bond acceptors (Lipinski definition) is 5. The van der Waals surface area contributed by atoms with E-state index in [2.05, 4.69) is 15.2 Å². The first-order valence-corrected chi connectivity index (χ1v) is 13.7. The van der Waals surface area contributed by atoms with Gasteiger partial charge in [0.05, 0.1) is 18.1 Å². The van der Waals surface area contributed by atoms with Crippen molar-refractivity contribution in [1.82, 2.24) is 19.8 Å². The Hall–Kier alpha value is -4.86. The minimum absolute atomic E-state index is 0.0100. The number of amides is 3. The lowest BCUT2D eigenvalue weighted by Gasteiger charge is -2.32. The maximum atomic E-state index is 13.3. The first kappa shape index (κ1) is 27.7. The van der Waals surface area contributed by atoms with Gasteiger partial charge < -0.3 is 30.6 Å². The minimum Gasteiger partial charge on any atom is -0.497 e. The van der Waals surface area contributed by atoms with Gasteiger partial charge in [-0.25, -0.2) is 9.78 Å².